The van der Waals surface area contributed by atoms with Crippen molar-refractivity contribution in [2.24, 2.45) is 5.10 Å². The summed E-state index contributed by atoms with van der Waals surface area (Å²) in [6, 6.07) is 13.7. The maximum atomic E-state index is 14.0. The summed E-state index contributed by atoms with van der Waals surface area (Å²) >= 11 is 3.34. The molecule has 0 atom stereocenters. The van der Waals surface area contributed by atoms with E-state index in [9.17, 15) is 18.4 Å². The molecule has 3 rings (SSSR count). The largest absolute Gasteiger partial charge is 0.493 e. The standard InChI is InChI=1S/C24H17BrF2N4O4/c1-34-21-10-15(12-29-31-24(33)18-7-2-14(11-28)9-20(18)27)8-19(25)23(21)35-13-22(32)30-17-5-3-16(26)4-6-17/h2-10,12H,13H2,1H3,(H,30,32)(H,31,33)/b29-12-. The Labute approximate surface area is 207 Å². The van der Waals surface area contributed by atoms with Crippen LogP contribution in [0.15, 0.2) is 64.2 Å². The summed E-state index contributed by atoms with van der Waals surface area (Å²) < 4.78 is 38.3. The van der Waals surface area contributed by atoms with Crippen LogP contribution in [0.25, 0.3) is 0 Å². The van der Waals surface area contributed by atoms with Gasteiger partial charge < -0.3 is 14.8 Å². The van der Waals surface area contributed by atoms with Crippen molar-refractivity contribution in [3.63, 3.8) is 0 Å². The van der Waals surface area contributed by atoms with Crippen LogP contribution in [0, 0.1) is 23.0 Å². The first-order chi connectivity index (χ1) is 16.8. The molecule has 2 amide bonds. The van der Waals surface area contributed by atoms with Crippen LogP contribution in [-0.2, 0) is 4.79 Å². The summed E-state index contributed by atoms with van der Waals surface area (Å²) in [5, 5.41) is 15.2. The molecule has 2 N–H and O–H groups in total. The van der Waals surface area contributed by atoms with Crippen LogP contribution in [0.5, 0.6) is 11.5 Å². The topological polar surface area (TPSA) is 113 Å². The Kier molecular flexibility index (Phi) is 8.48. The van der Waals surface area contributed by atoms with Gasteiger partial charge in [0.2, 0.25) is 0 Å². The second-order valence-electron chi connectivity index (χ2n) is 6.88. The average molecular weight is 543 g/mol. The molecule has 3 aromatic carbocycles. The minimum Gasteiger partial charge on any atom is -0.493 e. The normalized spacial score (nSPS) is 10.5. The van der Waals surface area contributed by atoms with Gasteiger partial charge in [-0.2, -0.15) is 10.4 Å². The predicted molar refractivity (Wildman–Crippen MR) is 127 cm³/mol. The van der Waals surface area contributed by atoms with Crippen LogP contribution in [0.1, 0.15) is 21.5 Å². The van der Waals surface area contributed by atoms with E-state index in [1.165, 1.54) is 49.7 Å². The average Bonchev–Trinajstić information content (AvgIpc) is 2.84. The van der Waals surface area contributed by atoms with Gasteiger partial charge in [0.05, 0.1) is 35.0 Å². The van der Waals surface area contributed by atoms with Crippen LogP contribution < -0.4 is 20.2 Å². The Morgan fingerprint density at radius 2 is 1.89 bits per heavy atom. The predicted octanol–water partition coefficient (Wildman–Crippen LogP) is 4.39. The van der Waals surface area contributed by atoms with Gasteiger partial charge in [0.25, 0.3) is 11.8 Å². The summed E-state index contributed by atoms with van der Waals surface area (Å²) in [6.07, 6.45) is 1.30. The van der Waals surface area contributed by atoms with E-state index < -0.39 is 23.4 Å². The highest BCUT2D eigenvalue weighted by Crippen LogP contribution is 2.36. The number of hydrogen-bond acceptors (Lipinski definition) is 6. The molecule has 35 heavy (non-hydrogen) atoms. The Bertz CT molecular complexity index is 1320. The number of ether oxygens (including phenoxy) is 2. The van der Waals surface area contributed by atoms with E-state index in [1.807, 2.05) is 0 Å². The number of amides is 2. The fraction of sp³-hybridized carbons (Fsp3) is 0.0833. The molecule has 0 saturated carbocycles. The highest BCUT2D eigenvalue weighted by Gasteiger charge is 2.14. The van der Waals surface area contributed by atoms with Crippen molar-refractivity contribution in [2.45, 2.75) is 0 Å². The fourth-order valence-corrected chi connectivity index (χ4v) is 3.39. The molecule has 0 aliphatic heterocycles. The number of carbonyl (C=O) groups excluding carboxylic acids is 2. The Morgan fingerprint density at radius 3 is 2.54 bits per heavy atom. The monoisotopic (exact) mass is 542 g/mol. The molecule has 0 radical (unpaired) electrons. The van der Waals surface area contributed by atoms with Gasteiger partial charge in [0.1, 0.15) is 11.6 Å². The molecular weight excluding hydrogens is 526 g/mol. The Morgan fingerprint density at radius 1 is 1.14 bits per heavy atom. The van der Waals surface area contributed by atoms with Crippen LogP contribution in [0.2, 0.25) is 0 Å². The molecule has 0 aromatic heterocycles. The Hall–Kier alpha value is -4.30. The highest BCUT2D eigenvalue weighted by molar-refractivity contribution is 9.10. The van der Waals surface area contributed by atoms with Crippen LogP contribution in [0.3, 0.4) is 0 Å². The summed E-state index contributed by atoms with van der Waals surface area (Å²) in [5.41, 5.74) is 2.95. The van der Waals surface area contributed by atoms with E-state index in [0.29, 0.717) is 15.7 Å². The zero-order valence-electron chi connectivity index (χ0n) is 18.1. The van der Waals surface area contributed by atoms with E-state index >= 15 is 0 Å². The number of hydrogen-bond donors (Lipinski definition) is 2. The van der Waals surface area contributed by atoms with Gasteiger partial charge >= 0.3 is 0 Å². The molecule has 0 aliphatic rings. The van der Waals surface area contributed by atoms with Crippen molar-refractivity contribution in [2.75, 3.05) is 19.0 Å². The first-order valence-corrected chi connectivity index (χ1v) is 10.7. The van der Waals surface area contributed by atoms with Crippen LogP contribution in [0.4, 0.5) is 14.5 Å². The summed E-state index contributed by atoms with van der Waals surface area (Å²) in [7, 11) is 1.41. The van der Waals surface area contributed by atoms with Crippen molar-refractivity contribution in [1.82, 2.24) is 5.43 Å². The first kappa shape index (κ1) is 25.3. The van der Waals surface area contributed by atoms with Gasteiger partial charge in [0.15, 0.2) is 18.1 Å². The van der Waals surface area contributed by atoms with Gasteiger partial charge in [0, 0.05) is 5.69 Å². The van der Waals surface area contributed by atoms with Gasteiger partial charge in [-0.15, -0.1) is 0 Å². The number of benzene rings is 3. The van der Waals surface area contributed by atoms with Gasteiger partial charge in [-0.25, -0.2) is 14.2 Å². The first-order valence-electron chi connectivity index (χ1n) is 9.89. The zero-order chi connectivity index (χ0) is 25.4. The Balaban J connectivity index is 1.64. The molecule has 0 heterocycles. The summed E-state index contributed by atoms with van der Waals surface area (Å²) in [5.74, 6) is -1.98. The van der Waals surface area contributed by atoms with Crippen molar-refractivity contribution in [3.8, 4) is 17.6 Å². The smallest absolute Gasteiger partial charge is 0.274 e. The quantitative estimate of drug-likeness (QED) is 0.323. The molecule has 178 valence electrons. The molecule has 8 nitrogen and oxygen atoms in total. The number of nitriles is 1. The molecule has 3 aromatic rings. The lowest BCUT2D eigenvalue weighted by molar-refractivity contribution is -0.118. The lowest BCUT2D eigenvalue weighted by atomic mass is 10.1. The van der Waals surface area contributed by atoms with Crippen molar-refractivity contribution in [3.05, 3.63) is 87.4 Å². The van der Waals surface area contributed by atoms with E-state index in [0.717, 1.165) is 6.07 Å². The second-order valence-corrected chi connectivity index (χ2v) is 7.74. The zero-order valence-corrected chi connectivity index (χ0v) is 19.7. The number of anilines is 1. The molecule has 0 spiro atoms. The SMILES string of the molecule is COc1cc(/C=N\NC(=O)c2ccc(C#N)cc2F)cc(Br)c1OCC(=O)Nc1ccc(F)cc1. The third-order valence-corrected chi connectivity index (χ3v) is 5.04. The van der Waals surface area contributed by atoms with E-state index in [-0.39, 0.29) is 29.2 Å². The molecule has 0 bridgehead atoms. The third kappa shape index (κ3) is 6.84. The molecule has 0 saturated heterocycles. The number of methoxy groups -OCH3 is 1. The number of hydrazone groups is 1. The second kappa shape index (κ2) is 11.7. The number of nitrogens with one attached hydrogen (secondary N) is 2. The fourth-order valence-electron chi connectivity index (χ4n) is 2.82. The molecule has 0 aliphatic carbocycles. The molecule has 0 unspecified atom stereocenters. The summed E-state index contributed by atoms with van der Waals surface area (Å²) in [4.78, 5) is 24.3. The molecular formula is C24H17BrF2N4O4. The van der Waals surface area contributed by atoms with Gasteiger partial charge in [-0.05, 0) is 76.1 Å². The third-order valence-electron chi connectivity index (χ3n) is 4.45. The van der Waals surface area contributed by atoms with Gasteiger partial charge in [-0.3, -0.25) is 9.59 Å². The van der Waals surface area contributed by atoms with Gasteiger partial charge in [-0.1, -0.05) is 0 Å². The van der Waals surface area contributed by atoms with Crippen LogP contribution >= 0.6 is 15.9 Å². The lowest BCUT2D eigenvalue weighted by Crippen LogP contribution is -2.20. The van der Waals surface area contributed by atoms with Crippen molar-refractivity contribution in [1.29, 1.82) is 5.26 Å². The lowest BCUT2D eigenvalue weighted by Gasteiger charge is -2.13. The minimum atomic E-state index is -0.842. The number of rotatable bonds is 8. The molecule has 0 fully saturated rings. The van der Waals surface area contributed by atoms with E-state index in [4.69, 9.17) is 14.7 Å². The highest BCUT2D eigenvalue weighted by atomic mass is 79.9. The number of carbonyl (C=O) groups is 2. The number of nitrogens with zero attached hydrogens (tertiary/aromatic N) is 2. The maximum absolute atomic E-state index is 14.0. The van der Waals surface area contributed by atoms with E-state index in [2.05, 4.69) is 31.8 Å². The van der Waals surface area contributed by atoms with Crippen LogP contribution in [-0.4, -0.2) is 31.7 Å². The van der Waals surface area contributed by atoms with Crippen molar-refractivity contribution < 1.29 is 27.8 Å². The minimum absolute atomic E-state index is 0.0924. The van der Waals surface area contributed by atoms with Crippen molar-refractivity contribution >= 4 is 39.6 Å². The molecule has 11 heteroatoms. The van der Waals surface area contributed by atoms with E-state index in [1.54, 1.807) is 18.2 Å². The summed E-state index contributed by atoms with van der Waals surface area (Å²) in [6.45, 7) is -0.341. The maximum Gasteiger partial charge on any atom is 0.274 e. The number of halogens is 3.